The number of carbonyl (C=O) groups is 1. The van der Waals surface area contributed by atoms with E-state index in [1.807, 2.05) is 13.0 Å². The van der Waals surface area contributed by atoms with E-state index in [4.69, 9.17) is 11.6 Å². The number of nitrogens with one attached hydrogen (secondary N) is 1. The van der Waals surface area contributed by atoms with E-state index < -0.39 is 46.2 Å². The average molecular weight is 574 g/mol. The van der Waals surface area contributed by atoms with Crippen molar-refractivity contribution in [2.45, 2.75) is 75.7 Å². The molecule has 1 heterocycles. The summed E-state index contributed by atoms with van der Waals surface area (Å²) in [5, 5.41) is 31.7. The molecule has 1 aliphatic carbocycles. The van der Waals surface area contributed by atoms with Crippen molar-refractivity contribution >= 4 is 38.9 Å². The molecular weight excluding hydrogens is 543 g/mol. The van der Waals surface area contributed by atoms with Crippen LogP contribution in [0.4, 0.5) is 13.2 Å². The van der Waals surface area contributed by atoms with Gasteiger partial charge in [-0.25, -0.2) is 4.72 Å². The molecule has 204 valence electrons. The summed E-state index contributed by atoms with van der Waals surface area (Å²) in [5.41, 5.74) is -5.55. The number of thiophene rings is 1. The predicted octanol–water partition coefficient (Wildman–Crippen LogP) is 4.00. The van der Waals surface area contributed by atoms with Crippen molar-refractivity contribution in [3.05, 3.63) is 45.1 Å². The molecule has 0 aromatic carbocycles. The lowest BCUT2D eigenvalue weighted by Crippen LogP contribution is -2.40. The molecule has 0 saturated heterocycles. The Balaban J connectivity index is 1.78. The van der Waals surface area contributed by atoms with Gasteiger partial charge in [-0.15, -0.1) is 11.3 Å². The second-order valence-corrected chi connectivity index (χ2v) is 12.2. The highest BCUT2D eigenvalue weighted by Gasteiger charge is 2.46. The lowest BCUT2D eigenvalue weighted by Gasteiger charge is -2.19. The quantitative estimate of drug-likeness (QED) is 0.221. The average Bonchev–Trinajstić information content (AvgIpc) is 3.22. The number of alkyl halides is 3. The number of aryl methyl sites for hydroxylation is 2. The van der Waals surface area contributed by atoms with Crippen LogP contribution >= 0.6 is 22.9 Å². The second kappa shape index (κ2) is 13.4. The van der Waals surface area contributed by atoms with Crippen molar-refractivity contribution in [3.8, 4) is 0 Å². The number of aliphatic hydroxyl groups excluding tert-OH is 3. The third-order valence-corrected chi connectivity index (χ3v) is 8.69. The Labute approximate surface area is 217 Å². The van der Waals surface area contributed by atoms with Gasteiger partial charge in [-0.05, 0) is 51.0 Å². The van der Waals surface area contributed by atoms with Crippen LogP contribution < -0.4 is 4.72 Å². The molecule has 0 unspecified atom stereocenters. The first-order chi connectivity index (χ1) is 16.7. The minimum atomic E-state index is -5.70. The third-order valence-electron chi connectivity index (χ3n) is 5.97. The minimum Gasteiger partial charge on any atom is -0.393 e. The molecule has 0 radical (unpaired) electrons. The first-order valence-electron chi connectivity index (χ1n) is 11.5. The summed E-state index contributed by atoms with van der Waals surface area (Å²) < 4.78 is 59.6. The van der Waals surface area contributed by atoms with Crippen LogP contribution in [0.2, 0.25) is 5.02 Å². The highest BCUT2D eigenvalue weighted by molar-refractivity contribution is 7.90. The number of sulfonamides is 1. The molecule has 1 aromatic rings. The maximum atomic E-state index is 12.3. The highest BCUT2D eigenvalue weighted by Crippen LogP contribution is 2.36. The zero-order valence-electron chi connectivity index (χ0n) is 19.6. The lowest BCUT2D eigenvalue weighted by molar-refractivity contribution is -0.120. The van der Waals surface area contributed by atoms with Gasteiger partial charge in [0, 0.05) is 28.5 Å². The Morgan fingerprint density at radius 1 is 1.31 bits per heavy atom. The van der Waals surface area contributed by atoms with Gasteiger partial charge in [-0.2, -0.15) is 21.6 Å². The largest absolute Gasteiger partial charge is 0.516 e. The Bertz CT molecular complexity index is 1020. The molecule has 1 fully saturated rings. The number of halogens is 4. The van der Waals surface area contributed by atoms with Crippen LogP contribution in [0.1, 0.15) is 48.3 Å². The standard InChI is InChI=1S/C23H31ClF3NO6S2/c1-14-19(24)12-16(35-14)10-8-15(29)9-11-18-17(20(30)13-21(18)31)6-4-2-3-5-7-22(32)28-36(33,34)23(25,26)27/h2,4,9,11-12,15,17-18,20-21,29-31H,3,5-8,10,13H2,1H3,(H,28,32)/b4-2-,11-9+/t15-,17+,18+,20-,21+/m1/s1. The van der Waals surface area contributed by atoms with Gasteiger partial charge in [0.05, 0.1) is 23.3 Å². The van der Waals surface area contributed by atoms with Gasteiger partial charge >= 0.3 is 15.5 Å². The molecule has 4 N–H and O–H groups in total. The summed E-state index contributed by atoms with van der Waals surface area (Å²) in [6.45, 7) is 1.93. The zero-order chi connectivity index (χ0) is 27.1. The smallest absolute Gasteiger partial charge is 0.393 e. The van der Waals surface area contributed by atoms with Crippen LogP contribution in [0.3, 0.4) is 0 Å². The molecule has 5 atom stereocenters. The van der Waals surface area contributed by atoms with E-state index in [1.54, 1.807) is 35.6 Å². The molecular formula is C23H31ClF3NO6S2. The number of rotatable bonds is 12. The van der Waals surface area contributed by atoms with Gasteiger partial charge in [-0.3, -0.25) is 4.79 Å². The van der Waals surface area contributed by atoms with E-state index in [1.165, 1.54) is 0 Å². The number of hydrogen-bond donors (Lipinski definition) is 4. The molecule has 0 aliphatic heterocycles. The van der Waals surface area contributed by atoms with Gasteiger partial charge in [0.25, 0.3) is 0 Å². The lowest BCUT2D eigenvalue weighted by atomic mass is 9.89. The second-order valence-electron chi connectivity index (χ2n) is 8.79. The summed E-state index contributed by atoms with van der Waals surface area (Å²) in [4.78, 5) is 13.5. The number of carbonyl (C=O) groups excluding carboxylic acids is 1. The van der Waals surface area contributed by atoms with Crippen molar-refractivity contribution in [2.24, 2.45) is 11.8 Å². The molecule has 2 rings (SSSR count). The Morgan fingerprint density at radius 3 is 2.61 bits per heavy atom. The summed E-state index contributed by atoms with van der Waals surface area (Å²) in [7, 11) is -5.70. The van der Waals surface area contributed by atoms with Gasteiger partial charge in [-0.1, -0.05) is 35.9 Å². The maximum Gasteiger partial charge on any atom is 0.516 e. The van der Waals surface area contributed by atoms with Crippen molar-refractivity contribution in [3.63, 3.8) is 0 Å². The topological polar surface area (TPSA) is 124 Å². The molecule has 1 amide bonds. The van der Waals surface area contributed by atoms with E-state index in [2.05, 4.69) is 0 Å². The number of allylic oxidation sites excluding steroid dienone is 2. The van der Waals surface area contributed by atoms with E-state index in [9.17, 15) is 41.7 Å². The normalized spacial score (nSPS) is 24.1. The van der Waals surface area contributed by atoms with Crippen molar-refractivity contribution in [1.29, 1.82) is 0 Å². The fraction of sp³-hybridized carbons (Fsp3) is 0.609. The van der Waals surface area contributed by atoms with Crippen LogP contribution in [-0.2, 0) is 21.2 Å². The van der Waals surface area contributed by atoms with Crippen molar-refractivity contribution < 1.29 is 41.7 Å². The maximum absolute atomic E-state index is 12.3. The van der Waals surface area contributed by atoms with E-state index in [0.717, 1.165) is 14.5 Å². The number of unbranched alkanes of at least 4 members (excludes halogenated alkanes) is 1. The number of amides is 1. The van der Waals surface area contributed by atoms with Gasteiger partial charge in [0.15, 0.2) is 0 Å². The fourth-order valence-corrected chi connectivity index (χ4v) is 5.78. The third kappa shape index (κ3) is 9.14. The van der Waals surface area contributed by atoms with Crippen LogP contribution in [0.15, 0.2) is 30.4 Å². The van der Waals surface area contributed by atoms with Crippen LogP contribution in [0.25, 0.3) is 0 Å². The van der Waals surface area contributed by atoms with Crippen LogP contribution in [0.5, 0.6) is 0 Å². The van der Waals surface area contributed by atoms with Crippen LogP contribution in [0, 0.1) is 18.8 Å². The number of aliphatic hydroxyl groups is 3. The Morgan fingerprint density at radius 2 is 2.00 bits per heavy atom. The molecule has 7 nitrogen and oxygen atoms in total. The SMILES string of the molecule is Cc1sc(CC[C@@H](O)/C=C/[C@H]2[C@H](C/C=C\CCCC(=O)NS(=O)(=O)C(F)(F)F)[C@H](O)C[C@@H]2O)cc1Cl. The molecule has 1 saturated carbocycles. The molecule has 13 heteroatoms. The predicted molar refractivity (Wildman–Crippen MR) is 132 cm³/mol. The van der Waals surface area contributed by atoms with Gasteiger partial charge in [0.1, 0.15) is 0 Å². The summed E-state index contributed by atoms with van der Waals surface area (Å²) >= 11 is 7.64. The van der Waals surface area contributed by atoms with E-state index in [0.29, 0.717) is 30.7 Å². The Kier molecular flexibility index (Phi) is 11.4. The summed E-state index contributed by atoms with van der Waals surface area (Å²) in [6, 6.07) is 1.88. The van der Waals surface area contributed by atoms with Gasteiger partial charge in [0.2, 0.25) is 5.91 Å². The monoisotopic (exact) mass is 573 g/mol. The molecule has 36 heavy (non-hydrogen) atoms. The molecule has 1 aliphatic rings. The van der Waals surface area contributed by atoms with E-state index >= 15 is 0 Å². The first kappa shape index (κ1) is 30.8. The summed E-state index contributed by atoms with van der Waals surface area (Å²) in [6.07, 6.45) is 6.36. The van der Waals surface area contributed by atoms with Gasteiger partial charge < -0.3 is 15.3 Å². The molecule has 0 bridgehead atoms. The summed E-state index contributed by atoms with van der Waals surface area (Å²) in [5.74, 6) is -1.90. The minimum absolute atomic E-state index is 0.135. The number of hydrogen-bond acceptors (Lipinski definition) is 7. The fourth-order valence-electron chi connectivity index (χ4n) is 4.00. The van der Waals surface area contributed by atoms with Crippen molar-refractivity contribution in [1.82, 2.24) is 4.72 Å². The molecule has 1 aromatic heterocycles. The molecule has 0 spiro atoms. The highest BCUT2D eigenvalue weighted by atomic mass is 35.5. The Hall–Kier alpha value is -1.44. The van der Waals surface area contributed by atoms with E-state index in [-0.39, 0.29) is 24.7 Å². The zero-order valence-corrected chi connectivity index (χ0v) is 22.0. The van der Waals surface area contributed by atoms with Crippen molar-refractivity contribution in [2.75, 3.05) is 0 Å². The first-order valence-corrected chi connectivity index (χ1v) is 14.1. The van der Waals surface area contributed by atoms with Crippen LogP contribution in [-0.4, -0.2) is 53.5 Å².